The number of carbonyl (C=O) groups is 1. The van der Waals surface area contributed by atoms with Gasteiger partial charge in [-0.05, 0) is 18.2 Å². The molecule has 5 heteroatoms. The Hall–Kier alpha value is -1.72. The van der Waals surface area contributed by atoms with Gasteiger partial charge in [-0.15, -0.1) is 11.8 Å². The summed E-state index contributed by atoms with van der Waals surface area (Å²) in [5.41, 5.74) is 1.10. The van der Waals surface area contributed by atoms with Crippen LogP contribution in [-0.4, -0.2) is 30.2 Å². The van der Waals surface area contributed by atoms with E-state index in [1.54, 1.807) is 11.8 Å². The molecule has 120 valence electrons. The number of rotatable bonds is 2. The molecule has 2 aromatic carbocycles. The van der Waals surface area contributed by atoms with E-state index in [1.807, 2.05) is 12.1 Å². The van der Waals surface area contributed by atoms with Crippen molar-refractivity contribution in [2.45, 2.75) is 24.9 Å². The molecule has 23 heavy (non-hydrogen) atoms. The van der Waals surface area contributed by atoms with E-state index in [9.17, 15) is 4.79 Å². The summed E-state index contributed by atoms with van der Waals surface area (Å²) in [6.07, 6.45) is 1.86. The van der Waals surface area contributed by atoms with Crippen LogP contribution in [-0.2, 0) is 4.79 Å². The lowest BCUT2D eigenvalue weighted by Crippen LogP contribution is -2.43. The Morgan fingerprint density at radius 1 is 1.26 bits per heavy atom. The largest absolute Gasteiger partial charge is 0.493 e. The maximum Gasteiger partial charge on any atom is 0.238 e. The Morgan fingerprint density at radius 2 is 2.17 bits per heavy atom. The van der Waals surface area contributed by atoms with E-state index in [2.05, 4.69) is 34.9 Å². The number of thioether (sulfide) groups is 1. The predicted molar refractivity (Wildman–Crippen MR) is 93.8 cm³/mol. The molecule has 4 nitrogen and oxygen atoms in total. The summed E-state index contributed by atoms with van der Waals surface area (Å²) in [6.45, 7) is 0.699. The number of carbonyl (C=O) groups excluding carboxylic acids is 1. The van der Waals surface area contributed by atoms with E-state index in [0.717, 1.165) is 41.2 Å². The third kappa shape index (κ3) is 2.91. The number of ether oxygens (including phenoxy) is 1. The van der Waals surface area contributed by atoms with E-state index in [-0.39, 0.29) is 18.0 Å². The van der Waals surface area contributed by atoms with Gasteiger partial charge < -0.3 is 10.1 Å². The second kappa shape index (κ2) is 6.42. The third-order valence-electron chi connectivity index (χ3n) is 4.52. The van der Waals surface area contributed by atoms with Gasteiger partial charge in [-0.2, -0.15) is 0 Å². The smallest absolute Gasteiger partial charge is 0.238 e. The molecule has 1 amide bonds. The van der Waals surface area contributed by atoms with Crippen LogP contribution in [0.2, 0.25) is 0 Å². The topological polar surface area (TPSA) is 50.4 Å². The van der Waals surface area contributed by atoms with Crippen molar-refractivity contribution in [3.8, 4) is 5.75 Å². The first-order valence-electron chi connectivity index (χ1n) is 8.09. The normalized spacial score (nSPS) is 23.8. The van der Waals surface area contributed by atoms with Gasteiger partial charge in [0.15, 0.2) is 0 Å². The monoisotopic (exact) mass is 328 g/mol. The van der Waals surface area contributed by atoms with Crippen LogP contribution in [0.15, 0.2) is 36.4 Å². The van der Waals surface area contributed by atoms with E-state index in [0.29, 0.717) is 6.61 Å². The van der Waals surface area contributed by atoms with Gasteiger partial charge >= 0.3 is 0 Å². The highest BCUT2D eigenvalue weighted by Crippen LogP contribution is 2.37. The Morgan fingerprint density at radius 3 is 3.04 bits per heavy atom. The molecule has 0 radical (unpaired) electrons. The quantitative estimate of drug-likeness (QED) is 0.890. The van der Waals surface area contributed by atoms with Crippen molar-refractivity contribution >= 4 is 28.4 Å². The summed E-state index contributed by atoms with van der Waals surface area (Å²) in [5, 5.41) is 8.76. The molecule has 2 N–H and O–H groups in total. The number of hydrogen-bond acceptors (Lipinski definition) is 4. The first kappa shape index (κ1) is 14.8. The van der Waals surface area contributed by atoms with Gasteiger partial charge in [-0.1, -0.05) is 36.4 Å². The third-order valence-corrected chi connectivity index (χ3v) is 5.46. The molecule has 0 saturated carbocycles. The van der Waals surface area contributed by atoms with Gasteiger partial charge in [-0.3, -0.25) is 10.1 Å². The number of hydrogen-bond donors (Lipinski definition) is 2. The molecular formula is C18H20N2O2S. The molecule has 0 spiro atoms. The van der Waals surface area contributed by atoms with Crippen LogP contribution in [0.5, 0.6) is 5.75 Å². The number of nitrogens with one attached hydrogen (secondary N) is 2. The average molecular weight is 328 g/mol. The molecule has 2 aliphatic rings. The van der Waals surface area contributed by atoms with Gasteiger partial charge in [0, 0.05) is 22.6 Å². The SMILES string of the molecule is O=C(N[C@@H]1CCCOc2c1ccc1ccccc21)[C@@H]1CSCN1. The summed E-state index contributed by atoms with van der Waals surface area (Å²) < 4.78 is 6.03. The highest BCUT2D eigenvalue weighted by atomic mass is 32.2. The fourth-order valence-corrected chi connectivity index (χ4v) is 4.24. The highest BCUT2D eigenvalue weighted by Gasteiger charge is 2.28. The molecular weight excluding hydrogens is 308 g/mol. The van der Waals surface area contributed by atoms with E-state index < -0.39 is 0 Å². The zero-order chi connectivity index (χ0) is 15.6. The number of amides is 1. The summed E-state index contributed by atoms with van der Waals surface area (Å²) >= 11 is 1.77. The average Bonchev–Trinajstić information content (AvgIpc) is 3.04. The lowest BCUT2D eigenvalue weighted by Gasteiger charge is -2.21. The van der Waals surface area contributed by atoms with Crippen molar-refractivity contribution in [2.24, 2.45) is 0 Å². The van der Waals surface area contributed by atoms with Crippen molar-refractivity contribution in [1.29, 1.82) is 0 Å². The fourth-order valence-electron chi connectivity index (χ4n) is 3.30. The molecule has 1 saturated heterocycles. The van der Waals surface area contributed by atoms with Crippen molar-refractivity contribution < 1.29 is 9.53 Å². The maximum atomic E-state index is 12.5. The predicted octanol–water partition coefficient (Wildman–Crippen LogP) is 2.83. The first-order valence-corrected chi connectivity index (χ1v) is 9.24. The van der Waals surface area contributed by atoms with Gasteiger partial charge in [0.25, 0.3) is 0 Å². The van der Waals surface area contributed by atoms with Crippen molar-refractivity contribution in [2.75, 3.05) is 18.2 Å². The highest BCUT2D eigenvalue weighted by molar-refractivity contribution is 7.99. The Labute approximate surface area is 140 Å². The minimum Gasteiger partial charge on any atom is -0.493 e. The second-order valence-corrected chi connectivity index (χ2v) is 7.06. The minimum absolute atomic E-state index is 0.0250. The summed E-state index contributed by atoms with van der Waals surface area (Å²) in [7, 11) is 0. The Bertz CT molecular complexity index is 728. The summed E-state index contributed by atoms with van der Waals surface area (Å²) in [6, 6.07) is 12.4. The second-order valence-electron chi connectivity index (χ2n) is 6.03. The van der Waals surface area contributed by atoms with Gasteiger partial charge in [0.05, 0.1) is 18.7 Å². The van der Waals surface area contributed by atoms with Crippen LogP contribution in [0.4, 0.5) is 0 Å². The van der Waals surface area contributed by atoms with Crippen LogP contribution in [0.25, 0.3) is 10.8 Å². The van der Waals surface area contributed by atoms with Crippen LogP contribution in [0, 0.1) is 0 Å². The van der Waals surface area contributed by atoms with Gasteiger partial charge in [-0.25, -0.2) is 0 Å². The lowest BCUT2D eigenvalue weighted by molar-refractivity contribution is -0.123. The molecule has 1 fully saturated rings. The Kier molecular flexibility index (Phi) is 4.14. The van der Waals surface area contributed by atoms with Gasteiger partial charge in [0.2, 0.25) is 5.91 Å². The maximum absolute atomic E-state index is 12.5. The van der Waals surface area contributed by atoms with Crippen molar-refractivity contribution in [3.05, 3.63) is 42.0 Å². The zero-order valence-electron chi connectivity index (χ0n) is 12.9. The van der Waals surface area contributed by atoms with Crippen LogP contribution >= 0.6 is 11.8 Å². The molecule has 0 aromatic heterocycles. The molecule has 4 rings (SSSR count). The van der Waals surface area contributed by atoms with Crippen molar-refractivity contribution in [3.63, 3.8) is 0 Å². The molecule has 0 bridgehead atoms. The molecule has 2 aromatic rings. The minimum atomic E-state index is -0.0759. The summed E-state index contributed by atoms with van der Waals surface area (Å²) in [5.74, 6) is 2.73. The van der Waals surface area contributed by atoms with Crippen molar-refractivity contribution in [1.82, 2.24) is 10.6 Å². The molecule has 2 atom stereocenters. The van der Waals surface area contributed by atoms with E-state index >= 15 is 0 Å². The lowest BCUT2D eigenvalue weighted by atomic mass is 9.97. The number of fused-ring (bicyclic) bond motifs is 3. The summed E-state index contributed by atoms with van der Waals surface area (Å²) in [4.78, 5) is 12.5. The van der Waals surface area contributed by atoms with Crippen LogP contribution < -0.4 is 15.4 Å². The zero-order valence-corrected chi connectivity index (χ0v) is 13.7. The van der Waals surface area contributed by atoms with Crippen LogP contribution in [0.3, 0.4) is 0 Å². The fraction of sp³-hybridized carbons (Fsp3) is 0.389. The number of benzene rings is 2. The molecule has 0 aliphatic carbocycles. The van der Waals surface area contributed by atoms with E-state index in [4.69, 9.17) is 4.74 Å². The van der Waals surface area contributed by atoms with Crippen LogP contribution in [0.1, 0.15) is 24.4 Å². The molecule has 2 heterocycles. The standard InChI is InChI=1S/C18H20N2O2S/c21-18(16-10-23-11-19-16)20-15-6-3-9-22-17-13-5-2-1-4-12(13)7-8-14(15)17/h1-2,4-5,7-8,15-16,19H,3,6,9-11H2,(H,20,21)/t15-,16+/m1/s1. The molecule has 2 aliphatic heterocycles. The van der Waals surface area contributed by atoms with Gasteiger partial charge in [0.1, 0.15) is 5.75 Å². The first-order chi connectivity index (χ1) is 11.3. The van der Waals surface area contributed by atoms with E-state index in [1.165, 1.54) is 5.39 Å². The Balaban J connectivity index is 1.67. The molecule has 0 unspecified atom stereocenters.